The number of rotatable bonds is 3. The lowest BCUT2D eigenvalue weighted by atomic mass is 9.98. The molecule has 1 aliphatic rings. The first kappa shape index (κ1) is 14.5. The third kappa shape index (κ3) is 3.03. The zero-order chi connectivity index (χ0) is 11.6. The van der Waals surface area contributed by atoms with Gasteiger partial charge in [0.15, 0.2) is 0 Å². The SMILES string of the molecule is Cl.NCC1(NC(=O)c2occc2Br)CCCC1. The summed E-state index contributed by atoms with van der Waals surface area (Å²) in [5.41, 5.74) is 5.52. The van der Waals surface area contributed by atoms with E-state index >= 15 is 0 Å². The molecule has 2 rings (SSSR count). The van der Waals surface area contributed by atoms with Crippen LogP contribution in [0.5, 0.6) is 0 Å². The second kappa shape index (κ2) is 5.89. The molecule has 3 N–H and O–H groups in total. The van der Waals surface area contributed by atoms with E-state index in [0.29, 0.717) is 16.8 Å². The summed E-state index contributed by atoms with van der Waals surface area (Å²) in [7, 11) is 0. The maximum atomic E-state index is 12.0. The molecule has 0 saturated heterocycles. The molecule has 6 heteroatoms. The van der Waals surface area contributed by atoms with Gasteiger partial charge >= 0.3 is 0 Å². The zero-order valence-corrected chi connectivity index (χ0v) is 11.8. The predicted molar refractivity (Wildman–Crippen MR) is 71.4 cm³/mol. The lowest BCUT2D eigenvalue weighted by molar-refractivity contribution is 0.0873. The van der Waals surface area contributed by atoms with Crippen molar-refractivity contribution in [1.82, 2.24) is 5.32 Å². The summed E-state index contributed by atoms with van der Waals surface area (Å²) in [6.07, 6.45) is 5.64. The van der Waals surface area contributed by atoms with Gasteiger partial charge < -0.3 is 15.5 Å². The smallest absolute Gasteiger partial charge is 0.288 e. The summed E-state index contributed by atoms with van der Waals surface area (Å²) in [6, 6.07) is 1.71. The summed E-state index contributed by atoms with van der Waals surface area (Å²) in [5.74, 6) is 0.129. The molecule has 1 aromatic heterocycles. The second-order valence-corrected chi connectivity index (χ2v) is 5.10. The molecule has 0 aliphatic heterocycles. The van der Waals surface area contributed by atoms with Gasteiger partial charge in [-0.15, -0.1) is 12.4 Å². The number of furan rings is 1. The van der Waals surface area contributed by atoms with E-state index in [-0.39, 0.29) is 23.9 Å². The van der Waals surface area contributed by atoms with Crippen molar-refractivity contribution in [2.24, 2.45) is 5.73 Å². The number of hydrogen-bond acceptors (Lipinski definition) is 3. The van der Waals surface area contributed by atoms with E-state index in [2.05, 4.69) is 21.2 Å². The highest BCUT2D eigenvalue weighted by Gasteiger charge is 2.35. The van der Waals surface area contributed by atoms with Gasteiger partial charge in [0.05, 0.1) is 16.3 Å². The van der Waals surface area contributed by atoms with Crippen LogP contribution < -0.4 is 11.1 Å². The Balaban J connectivity index is 0.00000144. The molecular weight excluding hydrogens is 307 g/mol. The van der Waals surface area contributed by atoms with Gasteiger partial charge in [0.2, 0.25) is 5.76 Å². The van der Waals surface area contributed by atoms with Crippen molar-refractivity contribution in [3.63, 3.8) is 0 Å². The Labute approximate surface area is 115 Å². The third-order valence-corrected chi connectivity index (χ3v) is 3.78. The van der Waals surface area contributed by atoms with Crippen LogP contribution in [0.25, 0.3) is 0 Å². The fourth-order valence-electron chi connectivity index (χ4n) is 2.19. The van der Waals surface area contributed by atoms with Crippen molar-refractivity contribution in [1.29, 1.82) is 0 Å². The topological polar surface area (TPSA) is 68.3 Å². The normalized spacial score (nSPS) is 17.5. The standard InChI is InChI=1S/C11H15BrN2O2.ClH/c12-8-3-6-16-9(8)10(15)14-11(7-13)4-1-2-5-11;/h3,6H,1-2,4-5,7,13H2,(H,14,15);1H. The molecule has 0 atom stereocenters. The summed E-state index contributed by atoms with van der Waals surface area (Å²) < 4.78 is 5.80. The Bertz CT molecular complexity index is 389. The molecule has 1 heterocycles. The first-order valence-electron chi connectivity index (χ1n) is 5.42. The van der Waals surface area contributed by atoms with Crippen LogP contribution in [0, 0.1) is 0 Å². The molecule has 0 unspecified atom stereocenters. The number of hydrogen-bond donors (Lipinski definition) is 2. The largest absolute Gasteiger partial charge is 0.458 e. The van der Waals surface area contributed by atoms with Crippen LogP contribution in [0.2, 0.25) is 0 Å². The molecule has 0 aromatic carbocycles. The minimum atomic E-state index is -0.233. The molecule has 1 amide bonds. The quantitative estimate of drug-likeness (QED) is 0.898. The van der Waals surface area contributed by atoms with Crippen LogP contribution >= 0.6 is 28.3 Å². The molecular formula is C11H16BrClN2O2. The average Bonchev–Trinajstić information content (AvgIpc) is 2.87. The van der Waals surface area contributed by atoms with Gasteiger partial charge in [-0.2, -0.15) is 0 Å². The van der Waals surface area contributed by atoms with Crippen LogP contribution in [0.3, 0.4) is 0 Å². The van der Waals surface area contributed by atoms with Crippen molar-refractivity contribution in [2.45, 2.75) is 31.2 Å². The molecule has 1 aliphatic carbocycles. The van der Waals surface area contributed by atoms with Gasteiger partial charge in [-0.05, 0) is 34.8 Å². The number of amides is 1. The van der Waals surface area contributed by atoms with Crippen molar-refractivity contribution in [3.8, 4) is 0 Å². The molecule has 1 fully saturated rings. The Morgan fingerprint density at radius 1 is 1.53 bits per heavy atom. The molecule has 4 nitrogen and oxygen atoms in total. The molecule has 0 spiro atoms. The van der Waals surface area contributed by atoms with Gasteiger partial charge in [0.25, 0.3) is 5.91 Å². The Hall–Kier alpha value is -0.520. The first-order chi connectivity index (χ1) is 7.67. The minimum absolute atomic E-state index is 0. The van der Waals surface area contributed by atoms with Crippen molar-refractivity contribution in [2.75, 3.05) is 6.54 Å². The Kier molecular flexibility index (Phi) is 5.04. The Morgan fingerprint density at radius 3 is 2.65 bits per heavy atom. The maximum Gasteiger partial charge on any atom is 0.288 e. The highest BCUT2D eigenvalue weighted by molar-refractivity contribution is 9.10. The molecule has 0 bridgehead atoms. The molecule has 1 aromatic rings. The summed E-state index contributed by atoms with van der Waals surface area (Å²) in [6.45, 7) is 0.483. The lowest BCUT2D eigenvalue weighted by Gasteiger charge is -2.28. The highest BCUT2D eigenvalue weighted by atomic mass is 79.9. The highest BCUT2D eigenvalue weighted by Crippen LogP contribution is 2.29. The number of carbonyl (C=O) groups is 1. The van der Waals surface area contributed by atoms with Crippen molar-refractivity contribution < 1.29 is 9.21 Å². The molecule has 0 radical (unpaired) electrons. The van der Waals surface area contributed by atoms with Crippen molar-refractivity contribution >= 4 is 34.2 Å². The van der Waals surface area contributed by atoms with Crippen LogP contribution in [0.15, 0.2) is 21.2 Å². The molecule has 17 heavy (non-hydrogen) atoms. The van der Waals surface area contributed by atoms with E-state index in [4.69, 9.17) is 10.2 Å². The molecule has 1 saturated carbocycles. The number of nitrogens with two attached hydrogens (primary N) is 1. The van der Waals surface area contributed by atoms with Gasteiger partial charge in [-0.1, -0.05) is 12.8 Å². The average molecular weight is 324 g/mol. The van der Waals surface area contributed by atoms with Crippen LogP contribution in [-0.2, 0) is 0 Å². The minimum Gasteiger partial charge on any atom is -0.458 e. The summed E-state index contributed by atoms with van der Waals surface area (Å²) in [5, 5.41) is 3.00. The monoisotopic (exact) mass is 322 g/mol. The maximum absolute atomic E-state index is 12.0. The predicted octanol–water partition coefficient (Wildman–Crippen LogP) is 2.47. The van der Waals surface area contributed by atoms with Gasteiger partial charge in [-0.3, -0.25) is 4.79 Å². The second-order valence-electron chi connectivity index (χ2n) is 4.24. The Morgan fingerprint density at radius 2 is 2.18 bits per heavy atom. The number of nitrogens with one attached hydrogen (secondary N) is 1. The summed E-state index contributed by atoms with van der Waals surface area (Å²) in [4.78, 5) is 12.0. The van der Waals surface area contributed by atoms with E-state index < -0.39 is 0 Å². The van der Waals surface area contributed by atoms with Gasteiger partial charge in [0, 0.05) is 6.54 Å². The fraction of sp³-hybridized carbons (Fsp3) is 0.545. The van der Waals surface area contributed by atoms with E-state index in [1.807, 2.05) is 0 Å². The third-order valence-electron chi connectivity index (χ3n) is 3.15. The zero-order valence-electron chi connectivity index (χ0n) is 9.37. The van der Waals surface area contributed by atoms with E-state index in [1.165, 1.54) is 6.26 Å². The number of carbonyl (C=O) groups excluding carboxylic acids is 1. The number of halogens is 2. The van der Waals surface area contributed by atoms with Gasteiger partial charge in [0.1, 0.15) is 0 Å². The lowest BCUT2D eigenvalue weighted by Crippen LogP contribution is -2.51. The van der Waals surface area contributed by atoms with Crippen molar-refractivity contribution in [3.05, 3.63) is 22.6 Å². The van der Waals surface area contributed by atoms with E-state index in [9.17, 15) is 4.79 Å². The molecule has 96 valence electrons. The fourth-order valence-corrected chi connectivity index (χ4v) is 2.57. The van der Waals surface area contributed by atoms with Gasteiger partial charge in [-0.25, -0.2) is 0 Å². The first-order valence-corrected chi connectivity index (χ1v) is 6.22. The van der Waals surface area contributed by atoms with E-state index in [1.54, 1.807) is 6.07 Å². The van der Waals surface area contributed by atoms with E-state index in [0.717, 1.165) is 25.7 Å². The van der Waals surface area contributed by atoms with Crippen LogP contribution in [0.1, 0.15) is 36.2 Å². The van der Waals surface area contributed by atoms with Crippen LogP contribution in [0.4, 0.5) is 0 Å². The van der Waals surface area contributed by atoms with Crippen LogP contribution in [-0.4, -0.2) is 18.0 Å². The summed E-state index contributed by atoms with van der Waals surface area (Å²) >= 11 is 3.27.